The maximum Gasteiger partial charge on any atom is 0.253 e. The standard InChI is InChI=1S/C16H23ClN2O4S/c1-11(2)12(3)18-16(20)14-10-13(4-5-15(14)17)24(21,22)19-6-8-23-9-7-19/h4-5,10-12H,6-9H2,1-3H3,(H,18,20). The summed E-state index contributed by atoms with van der Waals surface area (Å²) < 4.78 is 31.9. The summed E-state index contributed by atoms with van der Waals surface area (Å²) >= 11 is 6.10. The zero-order valence-electron chi connectivity index (χ0n) is 14.1. The number of sulfonamides is 1. The van der Waals surface area contributed by atoms with Crippen molar-refractivity contribution in [3.05, 3.63) is 28.8 Å². The summed E-state index contributed by atoms with van der Waals surface area (Å²) in [5, 5.41) is 3.07. The maximum atomic E-state index is 12.7. The van der Waals surface area contributed by atoms with Crippen molar-refractivity contribution >= 4 is 27.5 Å². The average Bonchev–Trinajstić information content (AvgIpc) is 2.55. The van der Waals surface area contributed by atoms with Crippen molar-refractivity contribution < 1.29 is 17.9 Å². The van der Waals surface area contributed by atoms with Crippen LogP contribution in [0.1, 0.15) is 31.1 Å². The second-order valence-corrected chi connectivity index (χ2v) is 8.51. The van der Waals surface area contributed by atoms with Crippen molar-refractivity contribution in [3.63, 3.8) is 0 Å². The summed E-state index contributed by atoms with van der Waals surface area (Å²) in [6.45, 7) is 7.22. The van der Waals surface area contributed by atoms with Crippen molar-refractivity contribution in [2.75, 3.05) is 26.3 Å². The molecule has 1 aliphatic heterocycles. The van der Waals surface area contributed by atoms with Crippen LogP contribution in [0.4, 0.5) is 0 Å². The molecule has 0 aromatic heterocycles. The molecule has 1 heterocycles. The van der Waals surface area contributed by atoms with Crippen molar-refractivity contribution in [2.24, 2.45) is 5.92 Å². The number of amides is 1. The van der Waals surface area contributed by atoms with Crippen molar-refractivity contribution in [2.45, 2.75) is 31.7 Å². The Balaban J connectivity index is 2.29. The van der Waals surface area contributed by atoms with Crippen LogP contribution in [0.15, 0.2) is 23.1 Å². The molecule has 1 aromatic carbocycles. The van der Waals surface area contributed by atoms with Crippen LogP contribution in [0, 0.1) is 5.92 Å². The lowest BCUT2D eigenvalue weighted by Gasteiger charge is -2.26. The summed E-state index contributed by atoms with van der Waals surface area (Å²) in [6.07, 6.45) is 0. The highest BCUT2D eigenvalue weighted by atomic mass is 35.5. The van der Waals surface area contributed by atoms with E-state index in [1.54, 1.807) is 0 Å². The number of benzene rings is 1. The fraction of sp³-hybridized carbons (Fsp3) is 0.562. The smallest absolute Gasteiger partial charge is 0.253 e. The Morgan fingerprint density at radius 3 is 2.46 bits per heavy atom. The third-order valence-corrected chi connectivity index (χ3v) is 6.37. The normalized spacial score (nSPS) is 17.7. The van der Waals surface area contributed by atoms with E-state index < -0.39 is 10.0 Å². The first-order valence-corrected chi connectivity index (χ1v) is 9.73. The molecule has 1 atom stereocenters. The lowest BCUT2D eigenvalue weighted by Crippen LogP contribution is -2.40. The largest absolute Gasteiger partial charge is 0.379 e. The molecule has 2 rings (SSSR count). The molecular weight excluding hydrogens is 352 g/mol. The Bertz CT molecular complexity index is 700. The molecule has 1 unspecified atom stereocenters. The molecule has 8 heteroatoms. The number of carbonyl (C=O) groups is 1. The Labute approximate surface area is 148 Å². The lowest BCUT2D eigenvalue weighted by atomic mass is 10.1. The highest BCUT2D eigenvalue weighted by Crippen LogP contribution is 2.24. The van der Waals surface area contributed by atoms with Gasteiger partial charge in [-0.1, -0.05) is 25.4 Å². The zero-order valence-corrected chi connectivity index (χ0v) is 15.7. The van der Waals surface area contributed by atoms with Crippen molar-refractivity contribution in [1.82, 2.24) is 9.62 Å². The number of ether oxygens (including phenoxy) is 1. The minimum absolute atomic E-state index is 0.0481. The van der Waals surface area contributed by atoms with Gasteiger partial charge < -0.3 is 10.1 Å². The molecule has 1 saturated heterocycles. The van der Waals surface area contributed by atoms with Gasteiger partial charge >= 0.3 is 0 Å². The van der Waals surface area contributed by atoms with Gasteiger partial charge in [0.2, 0.25) is 10.0 Å². The SMILES string of the molecule is CC(C)C(C)NC(=O)c1cc(S(=O)(=O)N2CCOCC2)ccc1Cl. The van der Waals surface area contributed by atoms with Gasteiger partial charge in [0.05, 0.1) is 28.7 Å². The van der Waals surface area contributed by atoms with Crippen LogP contribution < -0.4 is 5.32 Å². The maximum absolute atomic E-state index is 12.7. The molecule has 1 N–H and O–H groups in total. The fourth-order valence-electron chi connectivity index (χ4n) is 2.23. The molecule has 1 aromatic rings. The molecular formula is C16H23ClN2O4S. The number of nitrogens with zero attached hydrogens (tertiary/aromatic N) is 1. The van der Waals surface area contributed by atoms with Crippen molar-refractivity contribution in [1.29, 1.82) is 0 Å². The minimum atomic E-state index is -3.66. The molecule has 6 nitrogen and oxygen atoms in total. The molecule has 1 fully saturated rings. The topological polar surface area (TPSA) is 75.7 Å². The first-order chi connectivity index (χ1) is 11.2. The minimum Gasteiger partial charge on any atom is -0.379 e. The molecule has 1 amide bonds. The predicted molar refractivity (Wildman–Crippen MR) is 92.8 cm³/mol. The van der Waals surface area contributed by atoms with E-state index in [-0.39, 0.29) is 33.3 Å². The van der Waals surface area contributed by atoms with Gasteiger partial charge in [0.25, 0.3) is 5.91 Å². The Hall–Kier alpha value is -1.15. The Morgan fingerprint density at radius 2 is 1.88 bits per heavy atom. The molecule has 134 valence electrons. The van der Waals surface area contributed by atoms with Crippen LogP contribution in [0.2, 0.25) is 5.02 Å². The van der Waals surface area contributed by atoms with Crippen molar-refractivity contribution in [3.8, 4) is 0 Å². The van der Waals surface area contributed by atoms with Gasteiger partial charge in [0, 0.05) is 19.1 Å². The summed E-state index contributed by atoms with van der Waals surface area (Å²) in [6, 6.07) is 4.17. The molecule has 0 saturated carbocycles. The number of nitrogens with one attached hydrogen (secondary N) is 1. The van der Waals surface area contributed by atoms with E-state index in [1.165, 1.54) is 22.5 Å². The monoisotopic (exact) mass is 374 g/mol. The van der Waals surface area contributed by atoms with Crippen LogP contribution >= 0.6 is 11.6 Å². The molecule has 24 heavy (non-hydrogen) atoms. The second kappa shape index (κ2) is 7.82. The third kappa shape index (κ3) is 4.27. The van der Waals surface area contributed by atoms with Gasteiger partial charge in [0.1, 0.15) is 0 Å². The first-order valence-electron chi connectivity index (χ1n) is 7.92. The van der Waals surface area contributed by atoms with Gasteiger partial charge in [-0.2, -0.15) is 4.31 Å². The highest BCUT2D eigenvalue weighted by molar-refractivity contribution is 7.89. The highest BCUT2D eigenvalue weighted by Gasteiger charge is 2.27. The predicted octanol–water partition coefficient (Wildman–Crippen LogP) is 2.14. The van der Waals surface area contributed by atoms with Gasteiger partial charge in [-0.3, -0.25) is 4.79 Å². The van der Waals surface area contributed by atoms with Crippen LogP contribution in [0.5, 0.6) is 0 Å². The number of hydrogen-bond donors (Lipinski definition) is 1. The van der Waals surface area contributed by atoms with Crippen LogP contribution in [0.25, 0.3) is 0 Å². The summed E-state index contributed by atoms with van der Waals surface area (Å²) in [7, 11) is -3.66. The van der Waals surface area contributed by atoms with Gasteiger partial charge in [0.15, 0.2) is 0 Å². The van der Waals surface area contributed by atoms with Crippen LogP contribution in [-0.2, 0) is 14.8 Å². The number of carbonyl (C=O) groups excluding carboxylic acids is 1. The van der Waals surface area contributed by atoms with Gasteiger partial charge in [-0.05, 0) is 31.0 Å². The molecule has 1 aliphatic rings. The Kier molecular flexibility index (Phi) is 6.25. The van der Waals surface area contributed by atoms with E-state index in [0.717, 1.165) is 0 Å². The van der Waals surface area contributed by atoms with Gasteiger partial charge in [-0.25, -0.2) is 8.42 Å². The summed E-state index contributed by atoms with van der Waals surface area (Å²) in [4.78, 5) is 12.5. The zero-order chi connectivity index (χ0) is 17.9. The first kappa shape index (κ1) is 19.2. The molecule has 0 spiro atoms. The number of morpholine rings is 1. The van der Waals surface area contributed by atoms with E-state index in [1.807, 2.05) is 20.8 Å². The fourth-order valence-corrected chi connectivity index (χ4v) is 3.86. The Morgan fingerprint density at radius 1 is 1.25 bits per heavy atom. The number of rotatable bonds is 5. The van der Waals surface area contributed by atoms with E-state index >= 15 is 0 Å². The number of halogens is 1. The quantitative estimate of drug-likeness (QED) is 0.856. The lowest BCUT2D eigenvalue weighted by molar-refractivity contribution is 0.0730. The second-order valence-electron chi connectivity index (χ2n) is 6.16. The number of hydrogen-bond acceptors (Lipinski definition) is 4. The molecule has 0 radical (unpaired) electrons. The molecule has 0 bridgehead atoms. The van der Waals surface area contributed by atoms with E-state index in [9.17, 15) is 13.2 Å². The average molecular weight is 375 g/mol. The van der Waals surface area contributed by atoms with E-state index in [4.69, 9.17) is 16.3 Å². The third-order valence-electron chi connectivity index (χ3n) is 4.15. The van der Waals surface area contributed by atoms with E-state index in [0.29, 0.717) is 26.3 Å². The summed E-state index contributed by atoms with van der Waals surface area (Å²) in [5.74, 6) is -0.117. The van der Waals surface area contributed by atoms with Gasteiger partial charge in [-0.15, -0.1) is 0 Å². The van der Waals surface area contributed by atoms with Crippen LogP contribution in [-0.4, -0.2) is 51.0 Å². The summed E-state index contributed by atoms with van der Waals surface area (Å²) in [5.41, 5.74) is 0.165. The van der Waals surface area contributed by atoms with Crippen LogP contribution in [0.3, 0.4) is 0 Å². The van der Waals surface area contributed by atoms with E-state index in [2.05, 4.69) is 5.32 Å². The molecule has 0 aliphatic carbocycles.